The van der Waals surface area contributed by atoms with E-state index in [1.54, 1.807) is 11.3 Å². The molecule has 0 fully saturated rings. The minimum atomic E-state index is -0.339. The molecule has 2 heterocycles. The summed E-state index contributed by atoms with van der Waals surface area (Å²) in [5.41, 5.74) is 3.63. The van der Waals surface area contributed by atoms with Crippen LogP contribution in [0.5, 0.6) is 5.88 Å². The van der Waals surface area contributed by atoms with Crippen molar-refractivity contribution in [2.45, 2.75) is 33.2 Å². The normalized spacial score (nSPS) is 10.8. The molecule has 0 aromatic carbocycles. The highest BCUT2D eigenvalue weighted by Gasteiger charge is 2.08. The monoisotopic (exact) mass is 309 g/mol. The summed E-state index contributed by atoms with van der Waals surface area (Å²) in [5.74, 6) is 0.163. The van der Waals surface area contributed by atoms with E-state index in [1.807, 2.05) is 12.4 Å². The Kier molecular flexibility index (Phi) is 6.07. The quantitative estimate of drug-likeness (QED) is 0.761. The average Bonchev–Trinajstić information content (AvgIpc) is 2.87. The van der Waals surface area contributed by atoms with Crippen LogP contribution in [0, 0.1) is 12.7 Å². The Morgan fingerprint density at radius 3 is 2.95 bits per heavy atom. The highest BCUT2D eigenvalue weighted by molar-refractivity contribution is 7.09. The van der Waals surface area contributed by atoms with Crippen molar-refractivity contribution in [3.05, 3.63) is 39.7 Å². The van der Waals surface area contributed by atoms with Crippen molar-refractivity contribution in [2.24, 2.45) is 0 Å². The minimum absolute atomic E-state index is 0.339. The van der Waals surface area contributed by atoms with Gasteiger partial charge < -0.3 is 10.1 Å². The van der Waals surface area contributed by atoms with Gasteiger partial charge in [-0.2, -0.15) is 0 Å². The van der Waals surface area contributed by atoms with E-state index in [1.165, 1.54) is 17.1 Å². The van der Waals surface area contributed by atoms with Crippen LogP contribution in [-0.4, -0.2) is 23.1 Å². The van der Waals surface area contributed by atoms with Gasteiger partial charge in [0.2, 0.25) is 5.88 Å². The number of aromatic nitrogens is 2. The van der Waals surface area contributed by atoms with Crippen molar-refractivity contribution in [3.8, 4) is 5.88 Å². The summed E-state index contributed by atoms with van der Waals surface area (Å²) in [5, 5.41) is 3.24. The summed E-state index contributed by atoms with van der Waals surface area (Å²) < 4.78 is 19.0. The van der Waals surface area contributed by atoms with Crippen LogP contribution in [0.15, 0.2) is 17.8 Å². The van der Waals surface area contributed by atoms with Crippen molar-refractivity contribution < 1.29 is 9.13 Å². The lowest BCUT2D eigenvalue weighted by molar-refractivity contribution is 0.304. The van der Waals surface area contributed by atoms with Gasteiger partial charge in [0.25, 0.3) is 0 Å². The minimum Gasteiger partial charge on any atom is -0.477 e. The van der Waals surface area contributed by atoms with Gasteiger partial charge in [-0.25, -0.2) is 14.4 Å². The second-order valence-corrected chi connectivity index (χ2v) is 5.69. The number of aryl methyl sites for hydroxylation is 1. The fraction of sp³-hybridized carbons (Fsp3) is 0.467. The fourth-order valence-electron chi connectivity index (χ4n) is 1.93. The summed E-state index contributed by atoms with van der Waals surface area (Å²) in [6.07, 6.45) is 3.01. The van der Waals surface area contributed by atoms with E-state index in [4.69, 9.17) is 4.74 Å². The highest BCUT2D eigenvalue weighted by Crippen LogP contribution is 2.18. The van der Waals surface area contributed by atoms with Gasteiger partial charge in [-0.1, -0.05) is 6.92 Å². The lowest BCUT2D eigenvalue weighted by Gasteiger charge is -2.11. The van der Waals surface area contributed by atoms with Crippen LogP contribution < -0.4 is 10.1 Å². The molecule has 0 aliphatic heterocycles. The summed E-state index contributed by atoms with van der Waals surface area (Å²) in [7, 11) is 0. The van der Waals surface area contributed by atoms with Crippen molar-refractivity contribution in [1.29, 1.82) is 0 Å². The molecule has 0 saturated heterocycles. The smallest absolute Gasteiger partial charge is 0.218 e. The molecule has 114 valence electrons. The molecule has 6 heteroatoms. The summed E-state index contributed by atoms with van der Waals surface area (Å²) in [6, 6.07) is 1.48. The first kappa shape index (κ1) is 15.9. The molecule has 4 nitrogen and oxygen atoms in total. The van der Waals surface area contributed by atoms with Crippen LogP contribution in [0.2, 0.25) is 0 Å². The Bertz CT molecular complexity index is 574. The van der Waals surface area contributed by atoms with Gasteiger partial charge in [-0.05, 0) is 26.0 Å². The van der Waals surface area contributed by atoms with Crippen LogP contribution >= 0.6 is 11.3 Å². The van der Waals surface area contributed by atoms with Crippen molar-refractivity contribution in [2.75, 3.05) is 13.2 Å². The standard InChI is InChI=1S/C15H20FN3OS/c1-3-5-17-8-12-7-13(16)9-18-15(12)20-6-4-14-11(2)19-10-21-14/h7,9-10,17H,3-6,8H2,1-2H3. The topological polar surface area (TPSA) is 47.0 Å². The van der Waals surface area contributed by atoms with Gasteiger partial charge in [0.1, 0.15) is 5.82 Å². The molecule has 0 unspecified atom stereocenters. The first-order valence-electron chi connectivity index (χ1n) is 7.07. The van der Waals surface area contributed by atoms with Crippen LogP contribution in [-0.2, 0) is 13.0 Å². The molecule has 0 aliphatic rings. The number of hydrogen-bond acceptors (Lipinski definition) is 5. The molecule has 0 saturated carbocycles. The number of pyridine rings is 1. The maximum atomic E-state index is 13.3. The molecular weight excluding hydrogens is 289 g/mol. The van der Waals surface area contributed by atoms with E-state index in [0.29, 0.717) is 19.0 Å². The third kappa shape index (κ3) is 4.75. The number of nitrogens with zero attached hydrogens (tertiary/aromatic N) is 2. The Balaban J connectivity index is 1.93. The molecule has 21 heavy (non-hydrogen) atoms. The largest absolute Gasteiger partial charge is 0.477 e. The van der Waals surface area contributed by atoms with E-state index < -0.39 is 0 Å². The van der Waals surface area contributed by atoms with Crippen LogP contribution in [0.4, 0.5) is 4.39 Å². The predicted octanol–water partition coefficient (Wildman–Crippen LogP) is 3.11. The maximum absolute atomic E-state index is 13.3. The van der Waals surface area contributed by atoms with Crippen LogP contribution in [0.3, 0.4) is 0 Å². The fourth-order valence-corrected chi connectivity index (χ4v) is 2.69. The molecule has 0 aliphatic carbocycles. The molecule has 1 N–H and O–H groups in total. The van der Waals surface area contributed by atoms with E-state index in [-0.39, 0.29) is 5.82 Å². The lowest BCUT2D eigenvalue weighted by atomic mass is 10.2. The van der Waals surface area contributed by atoms with Crippen LogP contribution in [0.1, 0.15) is 29.5 Å². The van der Waals surface area contributed by atoms with Crippen molar-refractivity contribution in [3.63, 3.8) is 0 Å². The molecule has 0 radical (unpaired) electrons. The summed E-state index contributed by atoms with van der Waals surface area (Å²) in [6.45, 7) is 6.04. The Labute approximate surface area is 128 Å². The molecule has 2 aromatic rings. The number of halogens is 1. The zero-order chi connectivity index (χ0) is 15.1. The molecule has 2 aromatic heterocycles. The highest BCUT2D eigenvalue weighted by atomic mass is 32.1. The van der Waals surface area contributed by atoms with Crippen molar-refractivity contribution in [1.82, 2.24) is 15.3 Å². The third-order valence-electron chi connectivity index (χ3n) is 3.05. The van der Waals surface area contributed by atoms with E-state index in [9.17, 15) is 4.39 Å². The van der Waals surface area contributed by atoms with Gasteiger partial charge in [0.05, 0.1) is 24.0 Å². The number of nitrogens with one attached hydrogen (secondary N) is 1. The summed E-state index contributed by atoms with van der Waals surface area (Å²) >= 11 is 1.62. The zero-order valence-corrected chi connectivity index (χ0v) is 13.2. The molecule has 0 bridgehead atoms. The first-order chi connectivity index (χ1) is 10.2. The first-order valence-corrected chi connectivity index (χ1v) is 7.95. The molecule has 2 rings (SSSR count). The van der Waals surface area contributed by atoms with Gasteiger partial charge in [0, 0.05) is 23.4 Å². The second-order valence-electron chi connectivity index (χ2n) is 4.75. The molecular formula is C15H20FN3OS. The molecule has 0 amide bonds. The predicted molar refractivity (Wildman–Crippen MR) is 82.2 cm³/mol. The Morgan fingerprint density at radius 2 is 2.24 bits per heavy atom. The van der Waals surface area contributed by atoms with Gasteiger partial charge >= 0.3 is 0 Å². The van der Waals surface area contributed by atoms with Gasteiger partial charge in [-0.15, -0.1) is 11.3 Å². The van der Waals surface area contributed by atoms with Crippen LogP contribution in [0.25, 0.3) is 0 Å². The number of hydrogen-bond donors (Lipinski definition) is 1. The molecule has 0 spiro atoms. The Morgan fingerprint density at radius 1 is 1.38 bits per heavy atom. The average molecular weight is 309 g/mol. The SMILES string of the molecule is CCCNCc1cc(F)cnc1OCCc1scnc1C. The number of ether oxygens (including phenoxy) is 1. The van der Waals surface area contributed by atoms with Gasteiger partial charge in [0.15, 0.2) is 0 Å². The van der Waals surface area contributed by atoms with E-state index in [0.717, 1.165) is 30.6 Å². The van der Waals surface area contributed by atoms with Crippen molar-refractivity contribution >= 4 is 11.3 Å². The Hall–Kier alpha value is -1.53. The lowest BCUT2D eigenvalue weighted by Crippen LogP contribution is -2.16. The number of thiazole rings is 1. The van der Waals surface area contributed by atoms with Gasteiger partial charge in [-0.3, -0.25) is 0 Å². The van der Waals surface area contributed by atoms with E-state index in [2.05, 4.69) is 22.2 Å². The summed E-state index contributed by atoms with van der Waals surface area (Å²) in [4.78, 5) is 9.47. The number of rotatable bonds is 8. The van der Waals surface area contributed by atoms with E-state index >= 15 is 0 Å². The third-order valence-corrected chi connectivity index (χ3v) is 4.04. The zero-order valence-electron chi connectivity index (χ0n) is 12.4. The maximum Gasteiger partial charge on any atom is 0.218 e. The molecule has 0 atom stereocenters. The second kappa shape index (κ2) is 8.05.